The van der Waals surface area contributed by atoms with E-state index in [1.807, 2.05) is 18.2 Å². The first-order valence-corrected chi connectivity index (χ1v) is 4.51. The molecule has 0 amide bonds. The molecule has 1 aromatic heterocycles. The molecule has 0 saturated carbocycles. The van der Waals surface area contributed by atoms with E-state index in [1.54, 1.807) is 6.20 Å². The highest BCUT2D eigenvalue weighted by Crippen LogP contribution is 2.13. The summed E-state index contributed by atoms with van der Waals surface area (Å²) in [6.07, 6.45) is 5.20. The Balaban J connectivity index is 0.00000144. The Morgan fingerprint density at radius 2 is 2.23 bits per heavy atom. The zero-order valence-corrected chi connectivity index (χ0v) is 8.76. The summed E-state index contributed by atoms with van der Waals surface area (Å²) in [6, 6.07) is 6.00. The lowest BCUT2D eigenvalue weighted by atomic mass is 10.1. The van der Waals surface area contributed by atoms with Crippen LogP contribution in [0.15, 0.2) is 24.4 Å². The molecule has 0 fully saturated rings. The van der Waals surface area contributed by atoms with Gasteiger partial charge in [0.2, 0.25) is 0 Å². The van der Waals surface area contributed by atoms with E-state index in [-0.39, 0.29) is 18.4 Å². The summed E-state index contributed by atoms with van der Waals surface area (Å²) < 4.78 is 0. The van der Waals surface area contributed by atoms with Crippen LogP contribution in [-0.4, -0.2) is 4.98 Å². The highest BCUT2D eigenvalue weighted by molar-refractivity contribution is 5.85. The molecule has 74 valence electrons. The smallest absolute Gasteiger partial charge is 0.0570 e. The minimum Gasteiger partial charge on any atom is -0.323 e. The number of nitrogens with zero attached hydrogens (tertiary/aromatic N) is 1. The highest BCUT2D eigenvalue weighted by Gasteiger charge is 2.04. The third-order valence-electron chi connectivity index (χ3n) is 1.94. The fourth-order valence-electron chi connectivity index (χ4n) is 1.17. The molecule has 0 radical (unpaired) electrons. The molecule has 0 aliphatic rings. The first-order valence-electron chi connectivity index (χ1n) is 4.51. The molecule has 3 heteroatoms. The van der Waals surface area contributed by atoms with Gasteiger partial charge in [-0.3, -0.25) is 4.98 Å². The van der Waals surface area contributed by atoms with Gasteiger partial charge in [-0.2, -0.15) is 0 Å². The van der Waals surface area contributed by atoms with Gasteiger partial charge < -0.3 is 5.73 Å². The van der Waals surface area contributed by atoms with Crippen LogP contribution in [0.5, 0.6) is 0 Å². The van der Waals surface area contributed by atoms with Crippen molar-refractivity contribution in [2.45, 2.75) is 32.2 Å². The van der Waals surface area contributed by atoms with E-state index in [0.29, 0.717) is 0 Å². The zero-order chi connectivity index (χ0) is 8.81. The minimum absolute atomic E-state index is 0. The summed E-state index contributed by atoms with van der Waals surface area (Å²) in [5.41, 5.74) is 6.92. The van der Waals surface area contributed by atoms with Gasteiger partial charge in [-0.05, 0) is 18.6 Å². The first-order chi connectivity index (χ1) is 5.84. The quantitative estimate of drug-likeness (QED) is 0.812. The van der Waals surface area contributed by atoms with Gasteiger partial charge in [-0.25, -0.2) is 0 Å². The van der Waals surface area contributed by atoms with Crippen LogP contribution >= 0.6 is 12.4 Å². The number of pyridine rings is 1. The van der Waals surface area contributed by atoms with E-state index < -0.39 is 0 Å². The Labute approximate surface area is 86.0 Å². The number of hydrogen-bond donors (Lipinski definition) is 1. The summed E-state index contributed by atoms with van der Waals surface area (Å²) >= 11 is 0. The van der Waals surface area contributed by atoms with Crippen molar-refractivity contribution in [3.63, 3.8) is 0 Å². The molecule has 0 unspecified atom stereocenters. The van der Waals surface area contributed by atoms with E-state index in [1.165, 1.54) is 12.8 Å². The fourth-order valence-corrected chi connectivity index (χ4v) is 1.17. The van der Waals surface area contributed by atoms with Crippen molar-refractivity contribution in [3.8, 4) is 0 Å². The summed E-state index contributed by atoms with van der Waals surface area (Å²) in [5.74, 6) is 0. The van der Waals surface area contributed by atoms with Gasteiger partial charge in [0.25, 0.3) is 0 Å². The van der Waals surface area contributed by atoms with Crippen molar-refractivity contribution < 1.29 is 0 Å². The molecular formula is C10H17ClN2. The maximum Gasteiger partial charge on any atom is 0.0570 e. The Morgan fingerprint density at radius 3 is 2.77 bits per heavy atom. The summed E-state index contributed by atoms with van der Waals surface area (Å²) in [7, 11) is 0. The average molecular weight is 201 g/mol. The number of nitrogens with two attached hydrogens (primary N) is 1. The van der Waals surface area contributed by atoms with Crippen molar-refractivity contribution in [1.82, 2.24) is 4.98 Å². The average Bonchev–Trinajstić information content (AvgIpc) is 2.15. The Bertz CT molecular complexity index is 213. The van der Waals surface area contributed by atoms with Crippen LogP contribution in [0.2, 0.25) is 0 Å². The van der Waals surface area contributed by atoms with Gasteiger partial charge in [0.15, 0.2) is 0 Å². The molecular weight excluding hydrogens is 184 g/mol. The molecule has 0 aromatic carbocycles. The van der Waals surface area contributed by atoms with Crippen LogP contribution in [0.1, 0.15) is 37.9 Å². The second kappa shape index (κ2) is 6.87. The van der Waals surface area contributed by atoms with Crippen LogP contribution in [-0.2, 0) is 0 Å². The van der Waals surface area contributed by atoms with Gasteiger partial charge >= 0.3 is 0 Å². The van der Waals surface area contributed by atoms with E-state index in [9.17, 15) is 0 Å². The minimum atomic E-state index is 0. The SMILES string of the molecule is CCCC[C@@H](N)c1ccccn1.Cl. The lowest BCUT2D eigenvalue weighted by Gasteiger charge is -2.08. The number of rotatable bonds is 4. The lowest BCUT2D eigenvalue weighted by molar-refractivity contribution is 0.590. The molecule has 0 bridgehead atoms. The molecule has 0 aliphatic heterocycles. The van der Waals surface area contributed by atoms with Crippen LogP contribution in [0.4, 0.5) is 0 Å². The predicted molar refractivity (Wildman–Crippen MR) is 57.9 cm³/mol. The van der Waals surface area contributed by atoms with Crippen molar-refractivity contribution in [2.24, 2.45) is 5.73 Å². The van der Waals surface area contributed by atoms with Crippen molar-refractivity contribution in [3.05, 3.63) is 30.1 Å². The van der Waals surface area contributed by atoms with Gasteiger partial charge in [0, 0.05) is 12.2 Å². The normalized spacial score (nSPS) is 11.8. The first kappa shape index (κ1) is 12.4. The number of hydrogen-bond acceptors (Lipinski definition) is 2. The monoisotopic (exact) mass is 200 g/mol. The van der Waals surface area contributed by atoms with E-state index in [2.05, 4.69) is 11.9 Å². The predicted octanol–water partition coefficient (Wildman–Crippen LogP) is 2.69. The van der Waals surface area contributed by atoms with Crippen molar-refractivity contribution in [1.29, 1.82) is 0 Å². The van der Waals surface area contributed by atoms with E-state index in [0.717, 1.165) is 12.1 Å². The van der Waals surface area contributed by atoms with Crippen molar-refractivity contribution in [2.75, 3.05) is 0 Å². The maximum atomic E-state index is 5.92. The summed E-state index contributed by atoms with van der Waals surface area (Å²) in [4.78, 5) is 4.21. The summed E-state index contributed by atoms with van der Waals surface area (Å²) in [5, 5.41) is 0. The second-order valence-corrected chi connectivity index (χ2v) is 3.00. The van der Waals surface area contributed by atoms with Crippen molar-refractivity contribution >= 4 is 12.4 Å². The number of halogens is 1. The largest absolute Gasteiger partial charge is 0.323 e. The third kappa shape index (κ3) is 4.25. The Morgan fingerprint density at radius 1 is 1.46 bits per heavy atom. The fraction of sp³-hybridized carbons (Fsp3) is 0.500. The third-order valence-corrected chi connectivity index (χ3v) is 1.94. The van der Waals surface area contributed by atoms with E-state index >= 15 is 0 Å². The summed E-state index contributed by atoms with van der Waals surface area (Å²) in [6.45, 7) is 2.17. The molecule has 0 aliphatic carbocycles. The molecule has 13 heavy (non-hydrogen) atoms. The topological polar surface area (TPSA) is 38.9 Å². The Kier molecular flexibility index (Phi) is 6.55. The number of aromatic nitrogens is 1. The molecule has 2 nitrogen and oxygen atoms in total. The second-order valence-electron chi connectivity index (χ2n) is 3.00. The van der Waals surface area contributed by atoms with Gasteiger partial charge in [0.1, 0.15) is 0 Å². The van der Waals surface area contributed by atoms with Crippen LogP contribution < -0.4 is 5.73 Å². The maximum absolute atomic E-state index is 5.92. The standard InChI is InChI=1S/C10H16N2.ClH/c1-2-3-6-9(11)10-7-4-5-8-12-10;/h4-5,7-9H,2-3,6,11H2,1H3;1H/t9-;/m1./s1. The lowest BCUT2D eigenvalue weighted by Crippen LogP contribution is -2.11. The molecule has 1 atom stereocenters. The molecule has 0 saturated heterocycles. The van der Waals surface area contributed by atoms with Crippen LogP contribution in [0.3, 0.4) is 0 Å². The van der Waals surface area contributed by atoms with Gasteiger partial charge in [-0.1, -0.05) is 25.8 Å². The van der Waals surface area contributed by atoms with Crippen LogP contribution in [0.25, 0.3) is 0 Å². The van der Waals surface area contributed by atoms with Gasteiger partial charge in [-0.15, -0.1) is 12.4 Å². The Hall–Kier alpha value is -0.600. The highest BCUT2D eigenvalue weighted by atomic mass is 35.5. The molecule has 0 spiro atoms. The van der Waals surface area contributed by atoms with Gasteiger partial charge in [0.05, 0.1) is 5.69 Å². The molecule has 1 aromatic rings. The zero-order valence-electron chi connectivity index (χ0n) is 7.94. The molecule has 1 rings (SSSR count). The molecule has 2 N–H and O–H groups in total. The molecule has 1 heterocycles. The van der Waals surface area contributed by atoms with E-state index in [4.69, 9.17) is 5.73 Å². The van der Waals surface area contributed by atoms with Crippen LogP contribution in [0, 0.1) is 0 Å². The number of unbranched alkanes of at least 4 members (excludes halogenated alkanes) is 1.